The fraction of sp³-hybridized carbons (Fsp3) is 0.222. The molecule has 0 spiro atoms. The fourth-order valence-electron chi connectivity index (χ4n) is 1.47. The third kappa shape index (κ3) is 1.35. The minimum absolute atomic E-state index is 0.0856. The van der Waals surface area contributed by atoms with Gasteiger partial charge in [0.2, 0.25) is 5.91 Å². The molecule has 1 amide bonds. The van der Waals surface area contributed by atoms with Gasteiger partial charge in [-0.15, -0.1) is 0 Å². The molecular weight excluding hydrogens is 171 g/mol. The molecule has 0 aliphatic carbocycles. The molecule has 1 aliphatic heterocycles. The molecule has 2 rings (SSSR count). The summed E-state index contributed by atoms with van der Waals surface area (Å²) >= 11 is 0. The van der Waals surface area contributed by atoms with E-state index in [1.54, 1.807) is 6.07 Å². The van der Waals surface area contributed by atoms with Crippen molar-refractivity contribution in [2.24, 2.45) is 0 Å². The molecule has 1 aromatic rings. The van der Waals surface area contributed by atoms with Gasteiger partial charge in [0, 0.05) is 23.4 Å². The molecule has 0 saturated heterocycles. The van der Waals surface area contributed by atoms with Crippen LogP contribution in [0.3, 0.4) is 0 Å². The number of nitrogens with two attached hydrogens (primary N) is 1. The number of benzene rings is 1. The average Bonchev–Trinajstić information content (AvgIpc) is 2.02. The average molecular weight is 180 g/mol. The molecule has 1 aromatic carbocycles. The molecule has 0 bridgehead atoms. The number of anilines is 2. The first-order chi connectivity index (χ1) is 6.16. The number of rotatable bonds is 0. The number of nitrogen functional groups attached to an aromatic ring is 1. The standard InChI is InChI=1S/C9H9FN2O/c10-7-3-5(11)4-8-6(7)1-2-9(13)12-8/h3-4H,1-2,11H2,(H,12,13). The second kappa shape index (κ2) is 2.73. The van der Waals surface area contributed by atoms with E-state index in [0.717, 1.165) is 0 Å². The Kier molecular flexibility index (Phi) is 1.69. The highest BCUT2D eigenvalue weighted by Gasteiger charge is 2.18. The zero-order valence-corrected chi connectivity index (χ0v) is 6.93. The molecule has 0 unspecified atom stereocenters. The van der Waals surface area contributed by atoms with E-state index in [2.05, 4.69) is 5.32 Å². The fourth-order valence-corrected chi connectivity index (χ4v) is 1.47. The van der Waals surface area contributed by atoms with Crippen molar-refractivity contribution in [1.29, 1.82) is 0 Å². The van der Waals surface area contributed by atoms with E-state index in [9.17, 15) is 9.18 Å². The van der Waals surface area contributed by atoms with Crippen LogP contribution in [0.4, 0.5) is 15.8 Å². The molecule has 3 N–H and O–H groups in total. The first-order valence-corrected chi connectivity index (χ1v) is 4.04. The number of fused-ring (bicyclic) bond motifs is 1. The highest BCUT2D eigenvalue weighted by molar-refractivity contribution is 5.94. The molecule has 4 heteroatoms. The quantitative estimate of drug-likeness (QED) is 0.591. The van der Waals surface area contributed by atoms with Gasteiger partial charge in [0.15, 0.2) is 0 Å². The van der Waals surface area contributed by atoms with Gasteiger partial charge in [0.05, 0.1) is 0 Å². The van der Waals surface area contributed by atoms with Crippen LogP contribution in [0.5, 0.6) is 0 Å². The Morgan fingerprint density at radius 1 is 1.38 bits per heavy atom. The summed E-state index contributed by atoms with van der Waals surface area (Å²) in [4.78, 5) is 11.0. The van der Waals surface area contributed by atoms with Gasteiger partial charge in [-0.1, -0.05) is 0 Å². The summed E-state index contributed by atoms with van der Waals surface area (Å²) in [5, 5.41) is 2.58. The summed E-state index contributed by atoms with van der Waals surface area (Å²) in [6.07, 6.45) is 0.793. The Morgan fingerprint density at radius 3 is 2.92 bits per heavy atom. The van der Waals surface area contributed by atoms with Gasteiger partial charge < -0.3 is 11.1 Å². The van der Waals surface area contributed by atoms with Gasteiger partial charge in [0.25, 0.3) is 0 Å². The number of nitrogens with one attached hydrogen (secondary N) is 1. The Bertz CT molecular complexity index is 376. The number of carbonyl (C=O) groups is 1. The van der Waals surface area contributed by atoms with E-state index >= 15 is 0 Å². The van der Waals surface area contributed by atoms with Crippen LogP contribution in [0.2, 0.25) is 0 Å². The zero-order chi connectivity index (χ0) is 9.42. The molecule has 0 saturated carbocycles. The largest absolute Gasteiger partial charge is 0.399 e. The van der Waals surface area contributed by atoms with Crippen molar-refractivity contribution in [3.63, 3.8) is 0 Å². The lowest BCUT2D eigenvalue weighted by molar-refractivity contribution is -0.116. The van der Waals surface area contributed by atoms with Crippen molar-refractivity contribution in [2.45, 2.75) is 12.8 Å². The Morgan fingerprint density at radius 2 is 2.15 bits per heavy atom. The minimum Gasteiger partial charge on any atom is -0.399 e. The molecule has 1 aliphatic rings. The SMILES string of the molecule is Nc1cc(F)c2c(c1)NC(=O)CC2. The van der Waals surface area contributed by atoms with Crippen LogP contribution < -0.4 is 11.1 Å². The lowest BCUT2D eigenvalue weighted by atomic mass is 10.0. The van der Waals surface area contributed by atoms with Crippen LogP contribution in [0.1, 0.15) is 12.0 Å². The second-order valence-electron chi connectivity index (χ2n) is 3.08. The Labute approximate surface area is 74.7 Å². The highest BCUT2D eigenvalue weighted by atomic mass is 19.1. The van der Waals surface area contributed by atoms with Crippen molar-refractivity contribution in [3.05, 3.63) is 23.5 Å². The van der Waals surface area contributed by atoms with E-state index in [-0.39, 0.29) is 11.7 Å². The lowest BCUT2D eigenvalue weighted by Crippen LogP contribution is -2.20. The molecule has 0 atom stereocenters. The summed E-state index contributed by atoms with van der Waals surface area (Å²) < 4.78 is 13.2. The third-order valence-electron chi connectivity index (χ3n) is 2.09. The van der Waals surface area contributed by atoms with Crippen molar-refractivity contribution >= 4 is 17.3 Å². The molecular formula is C9H9FN2O. The molecule has 3 nitrogen and oxygen atoms in total. The number of hydrogen-bond acceptors (Lipinski definition) is 2. The number of amides is 1. The predicted octanol–water partition coefficient (Wildman–Crippen LogP) is 1.29. The summed E-state index contributed by atoms with van der Waals surface area (Å²) in [7, 11) is 0. The van der Waals surface area contributed by atoms with Crippen molar-refractivity contribution in [1.82, 2.24) is 0 Å². The maximum atomic E-state index is 13.2. The van der Waals surface area contributed by atoms with E-state index in [1.807, 2.05) is 0 Å². The minimum atomic E-state index is -0.338. The van der Waals surface area contributed by atoms with Gasteiger partial charge in [-0.05, 0) is 18.6 Å². The van der Waals surface area contributed by atoms with E-state index in [1.165, 1.54) is 6.07 Å². The molecule has 0 radical (unpaired) electrons. The van der Waals surface area contributed by atoms with Crippen LogP contribution in [-0.2, 0) is 11.2 Å². The van der Waals surface area contributed by atoms with Crippen molar-refractivity contribution in [3.8, 4) is 0 Å². The van der Waals surface area contributed by atoms with E-state index < -0.39 is 0 Å². The maximum Gasteiger partial charge on any atom is 0.224 e. The van der Waals surface area contributed by atoms with Crippen LogP contribution in [0.15, 0.2) is 12.1 Å². The highest BCUT2D eigenvalue weighted by Crippen LogP contribution is 2.27. The van der Waals surface area contributed by atoms with Crippen molar-refractivity contribution in [2.75, 3.05) is 11.1 Å². The zero-order valence-electron chi connectivity index (χ0n) is 6.93. The molecule has 13 heavy (non-hydrogen) atoms. The predicted molar refractivity (Wildman–Crippen MR) is 47.8 cm³/mol. The van der Waals surface area contributed by atoms with Gasteiger partial charge >= 0.3 is 0 Å². The molecule has 68 valence electrons. The summed E-state index contributed by atoms with van der Waals surface area (Å²) in [6, 6.07) is 2.85. The van der Waals surface area contributed by atoms with Crippen LogP contribution >= 0.6 is 0 Å². The number of carbonyl (C=O) groups excluding carboxylic acids is 1. The Hall–Kier alpha value is -1.58. The smallest absolute Gasteiger partial charge is 0.224 e. The van der Waals surface area contributed by atoms with E-state index in [4.69, 9.17) is 5.73 Å². The lowest BCUT2D eigenvalue weighted by Gasteiger charge is -2.17. The summed E-state index contributed by atoms with van der Waals surface area (Å²) in [6.45, 7) is 0. The van der Waals surface area contributed by atoms with Crippen LogP contribution in [0, 0.1) is 5.82 Å². The third-order valence-corrected chi connectivity index (χ3v) is 2.09. The summed E-state index contributed by atoms with van der Waals surface area (Å²) in [5.41, 5.74) is 6.83. The van der Waals surface area contributed by atoms with Gasteiger partial charge in [-0.3, -0.25) is 4.79 Å². The van der Waals surface area contributed by atoms with Gasteiger partial charge in [-0.2, -0.15) is 0 Å². The van der Waals surface area contributed by atoms with E-state index in [0.29, 0.717) is 29.8 Å². The number of hydrogen-bond donors (Lipinski definition) is 2. The maximum absolute atomic E-state index is 13.2. The normalized spacial score (nSPS) is 15.0. The van der Waals surface area contributed by atoms with Gasteiger partial charge in [-0.25, -0.2) is 4.39 Å². The monoisotopic (exact) mass is 180 g/mol. The number of halogens is 1. The Balaban J connectivity index is 2.53. The van der Waals surface area contributed by atoms with Crippen LogP contribution in [-0.4, -0.2) is 5.91 Å². The first kappa shape index (κ1) is 8.04. The second-order valence-corrected chi connectivity index (χ2v) is 3.08. The molecule has 1 heterocycles. The molecule has 0 fully saturated rings. The molecule has 0 aromatic heterocycles. The topological polar surface area (TPSA) is 55.1 Å². The van der Waals surface area contributed by atoms with Crippen molar-refractivity contribution < 1.29 is 9.18 Å². The van der Waals surface area contributed by atoms with Gasteiger partial charge in [0.1, 0.15) is 5.82 Å². The first-order valence-electron chi connectivity index (χ1n) is 4.04. The van der Waals surface area contributed by atoms with Crippen LogP contribution in [0.25, 0.3) is 0 Å². The summed E-state index contributed by atoms with van der Waals surface area (Å²) in [5.74, 6) is -0.424.